The minimum atomic E-state index is 1.06. The van der Waals surface area contributed by atoms with E-state index < -0.39 is 0 Å². The van der Waals surface area contributed by atoms with Gasteiger partial charge in [-0.3, -0.25) is 0 Å². The van der Waals surface area contributed by atoms with Crippen LogP contribution in [0.4, 0.5) is 0 Å². The SMILES string of the molecule is [CH2]CCC/C=C/CC. The summed E-state index contributed by atoms with van der Waals surface area (Å²) < 4.78 is 0. The van der Waals surface area contributed by atoms with E-state index in [1.807, 2.05) is 0 Å². The topological polar surface area (TPSA) is 0 Å². The van der Waals surface area contributed by atoms with Crippen LogP contribution >= 0.6 is 0 Å². The zero-order chi connectivity index (χ0) is 6.24. The third-order valence-electron chi connectivity index (χ3n) is 1.02. The second kappa shape index (κ2) is 6.74. The highest BCUT2D eigenvalue weighted by Crippen LogP contribution is 1.94. The first-order valence-corrected chi connectivity index (χ1v) is 3.36. The molecular formula is C8H15. The molecule has 0 saturated heterocycles. The molecule has 0 rings (SSSR count). The standard InChI is InChI=1S/C8H15/c1-3-5-7-8-6-4-2/h6,8H,1,3-5,7H2,2H3/b8-6+. The maximum Gasteiger partial charge on any atom is -0.0351 e. The van der Waals surface area contributed by atoms with Gasteiger partial charge in [0, 0.05) is 0 Å². The van der Waals surface area contributed by atoms with Crippen molar-refractivity contribution in [1.29, 1.82) is 0 Å². The quantitative estimate of drug-likeness (QED) is 0.386. The molecule has 0 saturated carbocycles. The minimum absolute atomic E-state index is 1.06. The van der Waals surface area contributed by atoms with Crippen molar-refractivity contribution in [2.45, 2.75) is 32.6 Å². The van der Waals surface area contributed by atoms with Gasteiger partial charge < -0.3 is 0 Å². The van der Waals surface area contributed by atoms with Gasteiger partial charge in [0.15, 0.2) is 0 Å². The molecule has 8 heavy (non-hydrogen) atoms. The summed E-state index contributed by atoms with van der Waals surface area (Å²) in [6.07, 6.45) is 9.10. The van der Waals surface area contributed by atoms with E-state index in [9.17, 15) is 0 Å². The predicted molar refractivity (Wildman–Crippen MR) is 38.6 cm³/mol. The molecule has 0 aromatic carbocycles. The molecule has 0 amide bonds. The van der Waals surface area contributed by atoms with Crippen LogP contribution < -0.4 is 0 Å². The minimum Gasteiger partial charge on any atom is -0.0888 e. The molecule has 47 valence electrons. The summed E-state index contributed by atoms with van der Waals surface area (Å²) in [7, 11) is 0. The van der Waals surface area contributed by atoms with Crippen LogP contribution in [0.25, 0.3) is 0 Å². The molecule has 0 fully saturated rings. The molecule has 0 aliphatic rings. The van der Waals surface area contributed by atoms with Crippen LogP contribution in [0.5, 0.6) is 0 Å². The van der Waals surface area contributed by atoms with Crippen molar-refractivity contribution in [3.05, 3.63) is 19.1 Å². The molecule has 0 nitrogen and oxygen atoms in total. The number of hydrogen-bond acceptors (Lipinski definition) is 0. The lowest BCUT2D eigenvalue weighted by Gasteiger charge is -1.85. The summed E-state index contributed by atoms with van der Waals surface area (Å²) in [5, 5.41) is 0. The van der Waals surface area contributed by atoms with Crippen LogP contribution in [0.1, 0.15) is 32.6 Å². The third kappa shape index (κ3) is 5.74. The van der Waals surface area contributed by atoms with E-state index in [4.69, 9.17) is 0 Å². The maximum absolute atomic E-state index is 3.75. The highest BCUT2D eigenvalue weighted by molar-refractivity contribution is 4.79. The van der Waals surface area contributed by atoms with Gasteiger partial charge in [0.05, 0.1) is 0 Å². The molecule has 0 heterocycles. The molecule has 0 aromatic rings. The van der Waals surface area contributed by atoms with Crippen molar-refractivity contribution in [3.8, 4) is 0 Å². The Labute approximate surface area is 52.6 Å². The lowest BCUT2D eigenvalue weighted by molar-refractivity contribution is 0.863. The van der Waals surface area contributed by atoms with Gasteiger partial charge in [0.2, 0.25) is 0 Å². The van der Waals surface area contributed by atoms with Crippen molar-refractivity contribution >= 4 is 0 Å². The van der Waals surface area contributed by atoms with E-state index in [-0.39, 0.29) is 0 Å². The lowest BCUT2D eigenvalue weighted by atomic mass is 10.2. The lowest BCUT2D eigenvalue weighted by Crippen LogP contribution is -1.65. The molecule has 0 aromatic heterocycles. The summed E-state index contributed by atoms with van der Waals surface area (Å²) >= 11 is 0. The number of unbranched alkanes of at least 4 members (excludes halogenated alkanes) is 2. The molecular weight excluding hydrogens is 96.1 g/mol. The van der Waals surface area contributed by atoms with Crippen LogP contribution in [0, 0.1) is 6.92 Å². The number of rotatable bonds is 4. The molecule has 0 aliphatic heterocycles. The van der Waals surface area contributed by atoms with Crippen LogP contribution in [0.15, 0.2) is 12.2 Å². The molecule has 1 radical (unpaired) electrons. The van der Waals surface area contributed by atoms with Gasteiger partial charge >= 0.3 is 0 Å². The monoisotopic (exact) mass is 111 g/mol. The summed E-state index contributed by atoms with van der Waals surface area (Å²) in [5.41, 5.74) is 0. The fraction of sp³-hybridized carbons (Fsp3) is 0.625. The summed E-state index contributed by atoms with van der Waals surface area (Å²) in [5.74, 6) is 0. The third-order valence-corrected chi connectivity index (χ3v) is 1.02. The van der Waals surface area contributed by atoms with Crippen LogP contribution in [-0.2, 0) is 0 Å². The van der Waals surface area contributed by atoms with E-state index >= 15 is 0 Å². The van der Waals surface area contributed by atoms with Crippen molar-refractivity contribution in [2.24, 2.45) is 0 Å². The van der Waals surface area contributed by atoms with Gasteiger partial charge in [-0.1, -0.05) is 32.4 Å². The Hall–Kier alpha value is -0.260. The Morgan fingerprint density at radius 3 is 2.62 bits per heavy atom. The Morgan fingerprint density at radius 1 is 1.38 bits per heavy atom. The Morgan fingerprint density at radius 2 is 2.12 bits per heavy atom. The molecule has 0 bridgehead atoms. The van der Waals surface area contributed by atoms with Crippen LogP contribution in [0.2, 0.25) is 0 Å². The number of hydrogen-bond donors (Lipinski definition) is 0. The molecule has 0 unspecified atom stereocenters. The molecule has 0 atom stereocenters. The summed E-state index contributed by atoms with van der Waals surface area (Å²) in [4.78, 5) is 0. The van der Waals surface area contributed by atoms with Crippen molar-refractivity contribution in [3.63, 3.8) is 0 Å². The fourth-order valence-corrected chi connectivity index (χ4v) is 0.547. The Balaban J connectivity index is 2.80. The van der Waals surface area contributed by atoms with Gasteiger partial charge in [0.25, 0.3) is 0 Å². The van der Waals surface area contributed by atoms with Gasteiger partial charge in [-0.25, -0.2) is 0 Å². The largest absolute Gasteiger partial charge is 0.0888 e. The summed E-state index contributed by atoms with van der Waals surface area (Å²) in [6, 6.07) is 0. The molecule has 0 aliphatic carbocycles. The molecule has 0 heteroatoms. The Kier molecular flexibility index (Phi) is 6.52. The van der Waals surface area contributed by atoms with E-state index in [0.717, 1.165) is 12.8 Å². The normalized spacial score (nSPS) is 10.8. The number of allylic oxidation sites excluding steroid dienone is 2. The average molecular weight is 111 g/mol. The second-order valence-corrected chi connectivity index (χ2v) is 1.88. The van der Waals surface area contributed by atoms with E-state index in [1.165, 1.54) is 12.8 Å². The van der Waals surface area contributed by atoms with Gasteiger partial charge in [-0.15, -0.1) is 0 Å². The average Bonchev–Trinajstić information content (AvgIpc) is 1.81. The maximum atomic E-state index is 3.75. The van der Waals surface area contributed by atoms with Crippen molar-refractivity contribution in [1.82, 2.24) is 0 Å². The van der Waals surface area contributed by atoms with Crippen molar-refractivity contribution in [2.75, 3.05) is 0 Å². The van der Waals surface area contributed by atoms with E-state index in [1.54, 1.807) is 0 Å². The molecule has 0 N–H and O–H groups in total. The zero-order valence-corrected chi connectivity index (χ0v) is 5.69. The van der Waals surface area contributed by atoms with Crippen LogP contribution in [0.3, 0.4) is 0 Å². The first-order valence-electron chi connectivity index (χ1n) is 3.36. The van der Waals surface area contributed by atoms with E-state index in [0.29, 0.717) is 0 Å². The highest BCUT2D eigenvalue weighted by Gasteiger charge is 1.74. The first kappa shape index (κ1) is 7.74. The highest BCUT2D eigenvalue weighted by atomic mass is 13.8. The first-order chi connectivity index (χ1) is 3.91. The summed E-state index contributed by atoms with van der Waals surface area (Å²) in [6.45, 7) is 5.90. The molecule has 0 spiro atoms. The van der Waals surface area contributed by atoms with Crippen molar-refractivity contribution < 1.29 is 0 Å². The Bertz CT molecular complexity index is 53.1. The van der Waals surface area contributed by atoms with Gasteiger partial charge in [-0.2, -0.15) is 0 Å². The van der Waals surface area contributed by atoms with Gasteiger partial charge in [0.1, 0.15) is 0 Å². The van der Waals surface area contributed by atoms with E-state index in [2.05, 4.69) is 26.0 Å². The second-order valence-electron chi connectivity index (χ2n) is 1.88. The zero-order valence-electron chi connectivity index (χ0n) is 5.69. The van der Waals surface area contributed by atoms with Gasteiger partial charge in [-0.05, 0) is 19.3 Å². The predicted octanol–water partition coefficient (Wildman–Crippen LogP) is 2.96. The van der Waals surface area contributed by atoms with Crippen LogP contribution in [-0.4, -0.2) is 0 Å². The smallest absolute Gasteiger partial charge is 0.0351 e. The fourth-order valence-electron chi connectivity index (χ4n) is 0.547.